The van der Waals surface area contributed by atoms with Crippen LogP contribution < -0.4 is 0 Å². The van der Waals surface area contributed by atoms with Gasteiger partial charge in [0.05, 0.1) is 33.9 Å². The van der Waals surface area contributed by atoms with E-state index in [4.69, 9.17) is 19.4 Å². The Hall–Kier alpha value is -7.84. The van der Waals surface area contributed by atoms with Crippen LogP contribution in [0.1, 0.15) is 20.7 Å². The predicted octanol–water partition coefficient (Wildman–Crippen LogP) is 11.5. The van der Waals surface area contributed by atoms with Gasteiger partial charge in [-0.15, -0.1) is 0 Å². The monoisotopic (exact) mass is 760 g/mol. The van der Waals surface area contributed by atoms with Crippen LogP contribution in [0.25, 0.3) is 67.8 Å². The number of ether oxygens (including phenoxy) is 2. The van der Waals surface area contributed by atoms with Crippen LogP contribution in [-0.2, 0) is 9.47 Å². The summed E-state index contributed by atoms with van der Waals surface area (Å²) in [5.74, 6) is 0.749. The number of aromatic nitrogens is 4. The molecule has 0 aliphatic heterocycles. The number of esters is 2. The Bertz CT molecular complexity index is 2300. The number of nitrogens with one attached hydrogen (secondary N) is 2. The molecule has 8 heteroatoms. The van der Waals surface area contributed by atoms with Crippen LogP contribution in [0.4, 0.5) is 0 Å². The van der Waals surface area contributed by atoms with E-state index in [9.17, 15) is 9.59 Å². The third-order valence-electron chi connectivity index (χ3n) is 9.08. The zero-order valence-electron chi connectivity index (χ0n) is 31.7. The maximum Gasteiger partial charge on any atom is 0.338 e. The molecule has 284 valence electrons. The number of hydrogen-bond donors (Lipinski definition) is 2. The first kappa shape index (κ1) is 38.4. The molecular formula is C50H40N4O4. The highest BCUT2D eigenvalue weighted by Gasteiger charge is 2.17. The summed E-state index contributed by atoms with van der Waals surface area (Å²) in [6.45, 7) is 7.49. The summed E-state index contributed by atoms with van der Waals surface area (Å²) in [6, 6.07) is 54.9. The minimum Gasteiger partial charge on any atom is -0.458 e. The van der Waals surface area contributed by atoms with Crippen molar-refractivity contribution in [2.75, 3.05) is 13.2 Å². The summed E-state index contributed by atoms with van der Waals surface area (Å²) in [4.78, 5) is 40.6. The molecule has 0 bridgehead atoms. The lowest BCUT2D eigenvalue weighted by molar-refractivity contribution is 0.0540. The van der Waals surface area contributed by atoms with Crippen LogP contribution in [0.2, 0.25) is 0 Å². The number of carbonyl (C=O) groups excluding carboxylic acids is 2. The lowest BCUT2D eigenvalue weighted by Gasteiger charge is -2.03. The second-order valence-corrected chi connectivity index (χ2v) is 13.0. The average Bonchev–Trinajstić information content (AvgIpc) is 3.96. The van der Waals surface area contributed by atoms with E-state index in [1.54, 1.807) is 36.4 Å². The van der Waals surface area contributed by atoms with Crippen LogP contribution in [-0.4, -0.2) is 45.1 Å². The molecule has 8 nitrogen and oxygen atoms in total. The van der Waals surface area contributed by atoms with Gasteiger partial charge >= 0.3 is 11.9 Å². The van der Waals surface area contributed by atoms with Crippen molar-refractivity contribution in [2.45, 2.75) is 0 Å². The molecule has 0 amide bonds. The van der Waals surface area contributed by atoms with E-state index in [-0.39, 0.29) is 25.2 Å². The smallest absolute Gasteiger partial charge is 0.338 e. The standard InChI is InChI=1S/2C25H20N2O2/c2*1-2-17-29-25(28)21-15-13-20(14-16-21)24-26-22(18-9-5-3-6-10-18)23(27-24)19-11-7-4-8-12-19/h2*2-16H,1,17H2,(H,26,27). The summed E-state index contributed by atoms with van der Waals surface area (Å²) >= 11 is 0. The Labute approximate surface area is 337 Å². The van der Waals surface area contributed by atoms with Crippen molar-refractivity contribution in [2.24, 2.45) is 0 Å². The van der Waals surface area contributed by atoms with Gasteiger partial charge in [-0.05, 0) is 24.3 Å². The third-order valence-corrected chi connectivity index (χ3v) is 9.08. The van der Waals surface area contributed by atoms with Gasteiger partial charge < -0.3 is 19.4 Å². The van der Waals surface area contributed by atoms with Gasteiger partial charge in [-0.1, -0.05) is 171 Å². The maximum absolute atomic E-state index is 12.0. The topological polar surface area (TPSA) is 110 Å². The first-order chi connectivity index (χ1) is 28.5. The molecule has 0 unspecified atom stereocenters. The molecule has 2 aromatic heterocycles. The number of hydrogen-bond acceptors (Lipinski definition) is 6. The fourth-order valence-corrected chi connectivity index (χ4v) is 6.22. The number of nitrogens with zero attached hydrogens (tertiary/aromatic N) is 2. The maximum atomic E-state index is 12.0. The Morgan fingerprint density at radius 1 is 0.431 bits per heavy atom. The lowest BCUT2D eigenvalue weighted by Crippen LogP contribution is -2.04. The van der Waals surface area contributed by atoms with Crippen molar-refractivity contribution in [3.8, 4) is 67.8 Å². The third kappa shape index (κ3) is 9.16. The van der Waals surface area contributed by atoms with E-state index >= 15 is 0 Å². The van der Waals surface area contributed by atoms with Gasteiger partial charge in [-0.2, -0.15) is 0 Å². The number of H-pyrrole nitrogens is 2. The van der Waals surface area contributed by atoms with Crippen LogP contribution in [0.3, 0.4) is 0 Å². The van der Waals surface area contributed by atoms with E-state index < -0.39 is 0 Å². The summed E-state index contributed by atoms with van der Waals surface area (Å²) < 4.78 is 10.2. The quantitative estimate of drug-likeness (QED) is 0.0948. The Morgan fingerprint density at radius 2 is 0.741 bits per heavy atom. The molecule has 6 aromatic carbocycles. The van der Waals surface area contributed by atoms with Gasteiger partial charge in [-0.3, -0.25) is 0 Å². The van der Waals surface area contributed by atoms with E-state index in [0.29, 0.717) is 11.1 Å². The zero-order valence-corrected chi connectivity index (χ0v) is 31.7. The van der Waals surface area contributed by atoms with Crippen molar-refractivity contribution < 1.29 is 19.1 Å². The zero-order chi connectivity index (χ0) is 40.1. The summed E-state index contributed by atoms with van der Waals surface area (Å²) in [7, 11) is 0. The molecule has 58 heavy (non-hydrogen) atoms. The van der Waals surface area contributed by atoms with Crippen LogP contribution in [0, 0.1) is 0 Å². The first-order valence-corrected chi connectivity index (χ1v) is 18.7. The van der Waals surface area contributed by atoms with E-state index in [1.165, 1.54) is 0 Å². The van der Waals surface area contributed by atoms with Gasteiger partial charge in [0.15, 0.2) is 0 Å². The number of rotatable bonds is 12. The molecule has 8 rings (SSSR count). The van der Waals surface area contributed by atoms with Gasteiger partial charge in [0, 0.05) is 33.4 Å². The molecule has 0 atom stereocenters. The highest BCUT2D eigenvalue weighted by molar-refractivity contribution is 5.91. The molecule has 0 aliphatic carbocycles. The average molecular weight is 761 g/mol. The van der Waals surface area contributed by atoms with Gasteiger partial charge in [0.25, 0.3) is 0 Å². The summed E-state index contributed by atoms with van der Waals surface area (Å²) in [5, 5.41) is 0. The summed E-state index contributed by atoms with van der Waals surface area (Å²) in [5.41, 5.74) is 10.7. The van der Waals surface area contributed by atoms with Crippen molar-refractivity contribution >= 4 is 11.9 Å². The second-order valence-electron chi connectivity index (χ2n) is 13.0. The van der Waals surface area contributed by atoms with Gasteiger partial charge in [-0.25, -0.2) is 19.6 Å². The van der Waals surface area contributed by atoms with Crippen molar-refractivity contribution in [3.63, 3.8) is 0 Å². The Kier molecular flexibility index (Phi) is 12.4. The van der Waals surface area contributed by atoms with E-state index in [2.05, 4.69) is 47.4 Å². The molecule has 0 spiro atoms. The van der Waals surface area contributed by atoms with Crippen molar-refractivity contribution in [1.29, 1.82) is 0 Å². The first-order valence-electron chi connectivity index (χ1n) is 18.7. The number of benzene rings is 6. The minimum atomic E-state index is -0.370. The van der Waals surface area contributed by atoms with Crippen molar-refractivity contribution in [3.05, 3.63) is 206 Å². The molecule has 0 saturated heterocycles. The summed E-state index contributed by atoms with van der Waals surface area (Å²) in [6.07, 6.45) is 3.09. The second kappa shape index (κ2) is 18.7. The van der Waals surface area contributed by atoms with Crippen LogP contribution >= 0.6 is 0 Å². The van der Waals surface area contributed by atoms with Crippen molar-refractivity contribution in [1.82, 2.24) is 19.9 Å². The molecule has 2 N–H and O–H groups in total. The Balaban J connectivity index is 0.000000177. The van der Waals surface area contributed by atoms with Crippen LogP contribution in [0.15, 0.2) is 195 Å². The van der Waals surface area contributed by atoms with E-state index in [0.717, 1.165) is 67.8 Å². The lowest BCUT2D eigenvalue weighted by atomic mass is 10.1. The molecule has 8 aromatic rings. The number of carbonyl (C=O) groups is 2. The largest absolute Gasteiger partial charge is 0.458 e. The molecular weight excluding hydrogens is 721 g/mol. The van der Waals surface area contributed by atoms with Gasteiger partial charge in [0.2, 0.25) is 0 Å². The van der Waals surface area contributed by atoms with Crippen LogP contribution in [0.5, 0.6) is 0 Å². The normalized spacial score (nSPS) is 10.5. The fraction of sp³-hybridized carbons (Fsp3) is 0.0400. The molecule has 2 heterocycles. The molecule has 0 radical (unpaired) electrons. The minimum absolute atomic E-state index is 0.194. The molecule has 0 fully saturated rings. The fourth-order valence-electron chi connectivity index (χ4n) is 6.22. The number of imidazole rings is 2. The number of aromatic amines is 2. The highest BCUT2D eigenvalue weighted by atomic mass is 16.5. The predicted molar refractivity (Wildman–Crippen MR) is 231 cm³/mol. The SMILES string of the molecule is C=CCOC(=O)c1ccc(-c2nc(-c3ccccc3)c(-c3ccccc3)[nH]2)cc1.C=CCOC(=O)c1ccc(-c2nc(-c3ccccc3)c(-c3ccccc3)[nH]2)cc1. The highest BCUT2D eigenvalue weighted by Crippen LogP contribution is 2.34. The molecule has 0 aliphatic rings. The van der Waals surface area contributed by atoms with E-state index in [1.807, 2.05) is 121 Å². The Morgan fingerprint density at radius 3 is 1.05 bits per heavy atom. The molecule has 0 saturated carbocycles. The van der Waals surface area contributed by atoms with Gasteiger partial charge in [0.1, 0.15) is 24.9 Å².